The fraction of sp³-hybridized carbons (Fsp3) is 0.357. The van der Waals surface area contributed by atoms with E-state index in [0.29, 0.717) is 0 Å². The van der Waals surface area contributed by atoms with Crippen molar-refractivity contribution in [3.63, 3.8) is 0 Å². The number of rotatable bonds is 5. The molecule has 1 atom stereocenters. The predicted molar refractivity (Wildman–Crippen MR) is 74.9 cm³/mol. The maximum absolute atomic E-state index is 6.29. The molecule has 4 heteroatoms. The second kappa shape index (κ2) is 6.03. The number of nitrogens with zero attached hydrogens (tertiary/aromatic N) is 2. The van der Waals surface area contributed by atoms with Crippen LogP contribution in [0.1, 0.15) is 31.3 Å². The Morgan fingerprint density at radius 2 is 2.11 bits per heavy atom. The molecular formula is C14H18ClN3. The number of aryl methyl sites for hydroxylation is 1. The number of aromatic nitrogens is 2. The van der Waals surface area contributed by atoms with Gasteiger partial charge in [0.15, 0.2) is 0 Å². The van der Waals surface area contributed by atoms with Gasteiger partial charge in [-0.25, -0.2) is 4.98 Å². The zero-order valence-corrected chi connectivity index (χ0v) is 11.5. The van der Waals surface area contributed by atoms with Gasteiger partial charge in [-0.2, -0.15) is 0 Å². The van der Waals surface area contributed by atoms with Gasteiger partial charge in [0.1, 0.15) is 5.82 Å². The highest BCUT2D eigenvalue weighted by atomic mass is 35.5. The number of hydrogen-bond acceptors (Lipinski definition) is 2. The average Bonchev–Trinajstić information content (AvgIpc) is 2.85. The molecule has 96 valence electrons. The van der Waals surface area contributed by atoms with Gasteiger partial charge in [0.25, 0.3) is 0 Å². The molecule has 0 bridgehead atoms. The first-order valence-corrected chi connectivity index (χ1v) is 6.64. The molecule has 1 aromatic heterocycles. The monoisotopic (exact) mass is 263 g/mol. The summed E-state index contributed by atoms with van der Waals surface area (Å²) in [5.41, 5.74) is 1.07. The maximum atomic E-state index is 6.29. The fourth-order valence-electron chi connectivity index (χ4n) is 2.10. The van der Waals surface area contributed by atoms with Crippen LogP contribution in [0.15, 0.2) is 36.7 Å². The first-order valence-electron chi connectivity index (χ1n) is 6.26. The van der Waals surface area contributed by atoms with Crippen LogP contribution in [0.25, 0.3) is 0 Å². The summed E-state index contributed by atoms with van der Waals surface area (Å²) in [5.74, 6) is 1.01. The molecular weight excluding hydrogens is 246 g/mol. The van der Waals surface area contributed by atoms with E-state index < -0.39 is 0 Å². The number of halogens is 1. The molecule has 0 aliphatic heterocycles. The normalized spacial score (nSPS) is 12.6. The summed E-state index contributed by atoms with van der Waals surface area (Å²) in [5, 5.41) is 4.22. The van der Waals surface area contributed by atoms with Gasteiger partial charge in [0.05, 0.1) is 6.04 Å². The molecule has 0 spiro atoms. The number of benzene rings is 1. The van der Waals surface area contributed by atoms with Gasteiger partial charge in [0.2, 0.25) is 0 Å². The van der Waals surface area contributed by atoms with Crippen molar-refractivity contribution >= 4 is 11.6 Å². The van der Waals surface area contributed by atoms with Crippen molar-refractivity contribution in [2.24, 2.45) is 0 Å². The van der Waals surface area contributed by atoms with Crippen LogP contribution in [-0.2, 0) is 6.54 Å². The Hall–Kier alpha value is -1.32. The summed E-state index contributed by atoms with van der Waals surface area (Å²) in [6.45, 7) is 5.97. The van der Waals surface area contributed by atoms with Gasteiger partial charge < -0.3 is 9.88 Å². The number of hydrogen-bond donors (Lipinski definition) is 1. The Morgan fingerprint density at radius 1 is 1.33 bits per heavy atom. The zero-order valence-electron chi connectivity index (χ0n) is 10.7. The summed E-state index contributed by atoms with van der Waals surface area (Å²) in [6.07, 6.45) is 3.83. The average molecular weight is 264 g/mol. The van der Waals surface area contributed by atoms with Crippen molar-refractivity contribution in [1.29, 1.82) is 0 Å². The van der Waals surface area contributed by atoms with E-state index in [1.165, 1.54) is 0 Å². The van der Waals surface area contributed by atoms with Crippen LogP contribution in [0.2, 0.25) is 5.02 Å². The van der Waals surface area contributed by atoms with Crippen LogP contribution < -0.4 is 5.32 Å². The van der Waals surface area contributed by atoms with Gasteiger partial charge in [0, 0.05) is 24.0 Å². The molecule has 2 aromatic rings. The minimum atomic E-state index is 0.0404. The second-order valence-corrected chi connectivity index (χ2v) is 4.49. The summed E-state index contributed by atoms with van der Waals surface area (Å²) < 4.78 is 2.14. The van der Waals surface area contributed by atoms with Crippen molar-refractivity contribution in [1.82, 2.24) is 14.9 Å². The topological polar surface area (TPSA) is 29.9 Å². The highest BCUT2D eigenvalue weighted by molar-refractivity contribution is 6.31. The van der Waals surface area contributed by atoms with Crippen LogP contribution in [0.5, 0.6) is 0 Å². The molecule has 1 heterocycles. The van der Waals surface area contributed by atoms with Crippen LogP contribution in [-0.4, -0.2) is 16.1 Å². The van der Waals surface area contributed by atoms with Gasteiger partial charge in [-0.1, -0.05) is 36.7 Å². The zero-order chi connectivity index (χ0) is 13.0. The third-order valence-corrected chi connectivity index (χ3v) is 3.32. The molecule has 18 heavy (non-hydrogen) atoms. The Bertz CT molecular complexity index is 507. The smallest absolute Gasteiger partial charge is 0.130 e. The highest BCUT2D eigenvalue weighted by Gasteiger charge is 2.19. The summed E-state index contributed by atoms with van der Waals surface area (Å²) in [7, 11) is 0. The molecule has 0 radical (unpaired) electrons. The molecule has 0 fully saturated rings. The van der Waals surface area contributed by atoms with E-state index >= 15 is 0 Å². The van der Waals surface area contributed by atoms with Crippen LogP contribution >= 0.6 is 11.6 Å². The van der Waals surface area contributed by atoms with Crippen LogP contribution in [0.4, 0.5) is 0 Å². The van der Waals surface area contributed by atoms with Crippen molar-refractivity contribution in [3.05, 3.63) is 53.1 Å². The molecule has 1 unspecified atom stereocenters. The van der Waals surface area contributed by atoms with Gasteiger partial charge in [-0.3, -0.25) is 0 Å². The quantitative estimate of drug-likeness (QED) is 0.897. The van der Waals surface area contributed by atoms with E-state index in [-0.39, 0.29) is 6.04 Å². The van der Waals surface area contributed by atoms with Crippen molar-refractivity contribution in [3.8, 4) is 0 Å². The Morgan fingerprint density at radius 3 is 2.78 bits per heavy atom. The van der Waals surface area contributed by atoms with Crippen molar-refractivity contribution in [2.45, 2.75) is 26.4 Å². The third-order valence-electron chi connectivity index (χ3n) is 2.97. The second-order valence-electron chi connectivity index (χ2n) is 4.08. The van der Waals surface area contributed by atoms with Gasteiger partial charge in [-0.15, -0.1) is 0 Å². The van der Waals surface area contributed by atoms with Gasteiger partial charge in [-0.05, 0) is 25.1 Å². The van der Waals surface area contributed by atoms with Crippen molar-refractivity contribution in [2.75, 3.05) is 6.54 Å². The minimum Gasteiger partial charge on any atom is -0.334 e. The lowest BCUT2D eigenvalue weighted by atomic mass is 10.1. The molecule has 0 aliphatic rings. The SMILES string of the molecule is CCNC(c1ccccc1Cl)c1nccn1CC. The minimum absolute atomic E-state index is 0.0404. The Kier molecular flexibility index (Phi) is 4.39. The molecule has 0 amide bonds. The summed E-state index contributed by atoms with van der Waals surface area (Å²) in [4.78, 5) is 4.47. The highest BCUT2D eigenvalue weighted by Crippen LogP contribution is 2.27. The van der Waals surface area contributed by atoms with E-state index in [1.54, 1.807) is 0 Å². The van der Waals surface area contributed by atoms with E-state index in [2.05, 4.69) is 28.7 Å². The van der Waals surface area contributed by atoms with Crippen molar-refractivity contribution < 1.29 is 0 Å². The molecule has 1 aromatic carbocycles. The maximum Gasteiger partial charge on any atom is 0.130 e. The summed E-state index contributed by atoms with van der Waals surface area (Å²) >= 11 is 6.29. The third kappa shape index (κ3) is 2.57. The van der Waals surface area contributed by atoms with E-state index in [1.807, 2.05) is 36.7 Å². The first kappa shape index (κ1) is 13.1. The largest absolute Gasteiger partial charge is 0.334 e. The molecule has 0 saturated heterocycles. The first-order chi connectivity index (χ1) is 8.77. The summed E-state index contributed by atoms with van der Waals surface area (Å²) in [6, 6.07) is 7.95. The lowest BCUT2D eigenvalue weighted by molar-refractivity contribution is 0.559. The number of nitrogens with one attached hydrogen (secondary N) is 1. The Balaban J connectivity index is 2.43. The molecule has 0 aliphatic carbocycles. The van der Waals surface area contributed by atoms with E-state index in [4.69, 9.17) is 11.6 Å². The lowest BCUT2D eigenvalue weighted by Crippen LogP contribution is -2.25. The Labute approximate surface area is 113 Å². The molecule has 1 N–H and O–H groups in total. The predicted octanol–water partition coefficient (Wildman–Crippen LogP) is 3.26. The van der Waals surface area contributed by atoms with Crippen LogP contribution in [0.3, 0.4) is 0 Å². The van der Waals surface area contributed by atoms with E-state index in [0.717, 1.165) is 29.5 Å². The molecule has 2 rings (SSSR count). The van der Waals surface area contributed by atoms with Gasteiger partial charge >= 0.3 is 0 Å². The fourth-order valence-corrected chi connectivity index (χ4v) is 2.35. The lowest BCUT2D eigenvalue weighted by Gasteiger charge is -2.20. The standard InChI is InChI=1S/C14H18ClN3/c1-3-16-13(11-7-5-6-8-12(11)15)14-17-9-10-18(14)4-2/h5-10,13,16H,3-4H2,1-2H3. The molecule has 3 nitrogen and oxygen atoms in total. The number of imidazole rings is 1. The van der Waals surface area contributed by atoms with Crippen LogP contribution in [0, 0.1) is 0 Å². The molecule has 0 saturated carbocycles. The van der Waals surface area contributed by atoms with E-state index in [9.17, 15) is 0 Å².